The van der Waals surface area contributed by atoms with E-state index in [4.69, 9.17) is 32.7 Å². The van der Waals surface area contributed by atoms with Gasteiger partial charge >= 0.3 is 0 Å². The molecule has 0 saturated carbocycles. The third-order valence-corrected chi connectivity index (χ3v) is 5.68. The molecule has 0 aromatic heterocycles. The zero-order valence-corrected chi connectivity index (χ0v) is 19.0. The minimum absolute atomic E-state index is 0. The summed E-state index contributed by atoms with van der Waals surface area (Å²) in [5.74, 6) is 1.44. The number of allylic oxidation sites excluding steroid dienone is 1. The number of benzene rings is 2. The molecular formula is C23H28Cl3NO2. The van der Waals surface area contributed by atoms with E-state index in [0.717, 1.165) is 30.8 Å². The van der Waals surface area contributed by atoms with Gasteiger partial charge in [0.2, 0.25) is 0 Å². The van der Waals surface area contributed by atoms with E-state index < -0.39 is 0 Å². The lowest BCUT2D eigenvalue weighted by Crippen LogP contribution is -2.15. The maximum Gasteiger partial charge on any atom is 0.161 e. The van der Waals surface area contributed by atoms with Crippen LogP contribution in [0.25, 0.3) is 0 Å². The van der Waals surface area contributed by atoms with Gasteiger partial charge in [0.15, 0.2) is 11.5 Å². The molecule has 1 N–H and O–H groups in total. The Morgan fingerprint density at radius 2 is 1.79 bits per heavy atom. The summed E-state index contributed by atoms with van der Waals surface area (Å²) in [5, 5.41) is 4.59. The van der Waals surface area contributed by atoms with Crippen LogP contribution in [0.1, 0.15) is 43.2 Å². The van der Waals surface area contributed by atoms with Crippen LogP contribution in [0.5, 0.6) is 11.5 Å². The highest BCUT2D eigenvalue weighted by atomic mass is 35.5. The molecule has 1 aliphatic rings. The molecule has 0 saturated heterocycles. The molecule has 0 heterocycles. The Hall–Kier alpha value is -1.39. The summed E-state index contributed by atoms with van der Waals surface area (Å²) in [6.07, 6.45) is 8.75. The molecule has 2 aromatic carbocycles. The molecule has 0 amide bonds. The fourth-order valence-corrected chi connectivity index (χ4v) is 3.67. The number of halogens is 3. The Morgan fingerprint density at radius 1 is 0.966 bits per heavy atom. The fraction of sp³-hybridized carbons (Fsp3) is 0.391. The van der Waals surface area contributed by atoms with Gasteiger partial charge < -0.3 is 14.8 Å². The van der Waals surface area contributed by atoms with Crippen LogP contribution in [-0.2, 0) is 13.2 Å². The number of rotatable bonds is 9. The molecule has 0 bridgehead atoms. The van der Waals surface area contributed by atoms with Crippen LogP contribution >= 0.6 is 35.6 Å². The summed E-state index contributed by atoms with van der Waals surface area (Å²) in [6.45, 7) is 2.22. The number of nitrogens with one attached hydrogen (secondary N) is 1. The summed E-state index contributed by atoms with van der Waals surface area (Å²) in [5.41, 5.74) is 3.73. The molecule has 0 atom stereocenters. The maximum absolute atomic E-state index is 6.06. The highest BCUT2D eigenvalue weighted by Gasteiger charge is 2.08. The van der Waals surface area contributed by atoms with Gasteiger partial charge in [-0.25, -0.2) is 0 Å². The van der Waals surface area contributed by atoms with Crippen molar-refractivity contribution in [2.45, 2.75) is 45.3 Å². The van der Waals surface area contributed by atoms with Gasteiger partial charge in [0.05, 0.1) is 17.2 Å². The average Bonchev–Trinajstić information content (AvgIpc) is 2.73. The molecule has 3 nitrogen and oxygen atoms in total. The highest BCUT2D eigenvalue weighted by molar-refractivity contribution is 6.42. The van der Waals surface area contributed by atoms with Crippen LogP contribution in [-0.4, -0.2) is 13.7 Å². The lowest BCUT2D eigenvalue weighted by atomic mass is 9.97. The molecule has 29 heavy (non-hydrogen) atoms. The van der Waals surface area contributed by atoms with Gasteiger partial charge in [0.25, 0.3) is 0 Å². The van der Waals surface area contributed by atoms with Crippen LogP contribution in [0.3, 0.4) is 0 Å². The third-order valence-electron chi connectivity index (χ3n) is 4.94. The molecular weight excluding hydrogens is 429 g/mol. The summed E-state index contributed by atoms with van der Waals surface area (Å²) >= 11 is 12.0. The van der Waals surface area contributed by atoms with E-state index in [1.807, 2.05) is 24.3 Å². The first kappa shape index (κ1) is 23.9. The predicted molar refractivity (Wildman–Crippen MR) is 124 cm³/mol. The van der Waals surface area contributed by atoms with Gasteiger partial charge in [0.1, 0.15) is 6.61 Å². The normalized spacial score (nSPS) is 13.4. The molecule has 0 aliphatic heterocycles. The fourth-order valence-electron chi connectivity index (χ4n) is 3.35. The van der Waals surface area contributed by atoms with E-state index in [9.17, 15) is 0 Å². The van der Waals surface area contributed by atoms with Gasteiger partial charge in [-0.15, -0.1) is 12.4 Å². The molecule has 0 unspecified atom stereocenters. The second-order valence-electron chi connectivity index (χ2n) is 7.06. The van der Waals surface area contributed by atoms with Gasteiger partial charge in [-0.1, -0.05) is 47.0 Å². The summed E-state index contributed by atoms with van der Waals surface area (Å²) in [7, 11) is 1.66. The lowest BCUT2D eigenvalue weighted by molar-refractivity contribution is 0.284. The van der Waals surface area contributed by atoms with E-state index in [1.165, 1.54) is 31.2 Å². The second-order valence-corrected chi connectivity index (χ2v) is 7.87. The molecule has 0 radical (unpaired) electrons. The number of methoxy groups -OCH3 is 1. The van der Waals surface area contributed by atoms with Gasteiger partial charge in [-0.05, 0) is 74.0 Å². The van der Waals surface area contributed by atoms with Gasteiger partial charge in [-0.2, -0.15) is 0 Å². The zero-order valence-electron chi connectivity index (χ0n) is 16.7. The Bertz CT molecular complexity index is 824. The minimum Gasteiger partial charge on any atom is -0.493 e. The van der Waals surface area contributed by atoms with E-state index in [2.05, 4.69) is 17.5 Å². The van der Waals surface area contributed by atoms with Crippen molar-refractivity contribution in [3.63, 3.8) is 0 Å². The molecule has 2 aromatic rings. The largest absolute Gasteiger partial charge is 0.493 e. The van der Waals surface area contributed by atoms with Crippen LogP contribution in [0.2, 0.25) is 10.0 Å². The van der Waals surface area contributed by atoms with Crippen LogP contribution in [0.15, 0.2) is 48.0 Å². The molecule has 3 rings (SSSR count). The number of hydrogen-bond acceptors (Lipinski definition) is 3. The zero-order chi connectivity index (χ0) is 19.8. The first-order valence-electron chi connectivity index (χ1n) is 9.78. The van der Waals surface area contributed by atoms with E-state index in [1.54, 1.807) is 18.7 Å². The maximum atomic E-state index is 6.06. The third kappa shape index (κ3) is 7.42. The first-order chi connectivity index (χ1) is 13.7. The molecule has 6 heteroatoms. The van der Waals surface area contributed by atoms with Crippen molar-refractivity contribution in [2.75, 3.05) is 13.7 Å². The highest BCUT2D eigenvalue weighted by Crippen LogP contribution is 2.30. The van der Waals surface area contributed by atoms with Crippen molar-refractivity contribution in [1.29, 1.82) is 0 Å². The molecule has 0 spiro atoms. The number of hydrogen-bond donors (Lipinski definition) is 1. The topological polar surface area (TPSA) is 30.5 Å². The van der Waals surface area contributed by atoms with Crippen molar-refractivity contribution >= 4 is 35.6 Å². The van der Waals surface area contributed by atoms with Gasteiger partial charge in [0, 0.05) is 6.54 Å². The summed E-state index contributed by atoms with van der Waals surface area (Å²) in [4.78, 5) is 0. The Morgan fingerprint density at radius 3 is 2.52 bits per heavy atom. The van der Waals surface area contributed by atoms with Crippen molar-refractivity contribution in [3.05, 3.63) is 69.2 Å². The van der Waals surface area contributed by atoms with E-state index in [0.29, 0.717) is 22.4 Å². The summed E-state index contributed by atoms with van der Waals surface area (Å²) in [6, 6.07) is 11.5. The van der Waals surface area contributed by atoms with Crippen LogP contribution in [0.4, 0.5) is 0 Å². The number of ether oxygens (including phenoxy) is 2. The Kier molecular flexibility index (Phi) is 10.2. The smallest absolute Gasteiger partial charge is 0.161 e. The second kappa shape index (κ2) is 12.3. The molecule has 0 fully saturated rings. The van der Waals surface area contributed by atoms with Crippen molar-refractivity contribution in [1.82, 2.24) is 5.32 Å². The van der Waals surface area contributed by atoms with Crippen molar-refractivity contribution < 1.29 is 9.47 Å². The van der Waals surface area contributed by atoms with Crippen molar-refractivity contribution in [3.8, 4) is 11.5 Å². The minimum atomic E-state index is 0. The van der Waals surface area contributed by atoms with Crippen molar-refractivity contribution in [2.24, 2.45) is 0 Å². The summed E-state index contributed by atoms with van der Waals surface area (Å²) < 4.78 is 11.4. The van der Waals surface area contributed by atoms with Crippen LogP contribution in [0, 0.1) is 0 Å². The Labute approximate surface area is 189 Å². The Balaban J connectivity index is 0.00000300. The van der Waals surface area contributed by atoms with Crippen LogP contribution < -0.4 is 14.8 Å². The standard InChI is InChI=1S/C23H27Cl2NO2.ClH/c1-27-23-14-18(15-26-12-11-17-5-3-2-4-6-17)8-10-22(23)28-16-19-7-9-20(24)21(25)13-19;/h5,7-10,13-14,26H,2-4,6,11-12,15-16H2,1H3;1H. The molecule has 158 valence electrons. The van der Waals surface area contributed by atoms with E-state index >= 15 is 0 Å². The first-order valence-corrected chi connectivity index (χ1v) is 10.5. The quantitative estimate of drug-likeness (QED) is 0.326. The lowest BCUT2D eigenvalue weighted by Gasteiger charge is -2.14. The van der Waals surface area contributed by atoms with Gasteiger partial charge in [-0.3, -0.25) is 0 Å². The monoisotopic (exact) mass is 455 g/mol. The SMILES string of the molecule is COc1cc(CNCCC2=CCCCC2)ccc1OCc1ccc(Cl)c(Cl)c1.Cl. The molecule has 1 aliphatic carbocycles. The average molecular weight is 457 g/mol. The van der Waals surface area contributed by atoms with E-state index in [-0.39, 0.29) is 12.4 Å². The predicted octanol–water partition coefficient (Wildman–Crippen LogP) is 6.98.